The number of piperidine rings is 1. The Kier molecular flexibility index (Phi) is 5.81. The Bertz CT molecular complexity index is 883. The van der Waals surface area contributed by atoms with Crippen molar-refractivity contribution in [2.45, 2.75) is 19.3 Å². The number of nitrogens with zero attached hydrogens (tertiary/aromatic N) is 2. The summed E-state index contributed by atoms with van der Waals surface area (Å²) in [6.07, 6.45) is 5.32. The summed E-state index contributed by atoms with van der Waals surface area (Å²) in [4.78, 5) is 19.6. The number of benzene rings is 2. The minimum absolute atomic E-state index is 0.137. The molecule has 2 aliphatic heterocycles. The average Bonchev–Trinajstić information content (AvgIpc) is 3.10. The van der Waals surface area contributed by atoms with E-state index in [1.807, 2.05) is 30.3 Å². The second kappa shape index (κ2) is 8.65. The fourth-order valence-corrected chi connectivity index (χ4v) is 4.63. The first-order valence-electron chi connectivity index (χ1n) is 9.67. The number of hydrogen-bond donors (Lipinski definition) is 0. The number of carbonyl (C=O) groups excluding carboxylic acids is 1. The normalized spacial score (nSPS) is 19.2. The predicted molar refractivity (Wildman–Crippen MR) is 115 cm³/mol. The van der Waals surface area contributed by atoms with Crippen LogP contribution in [0.5, 0.6) is 5.75 Å². The molecule has 0 unspecified atom stereocenters. The first kappa shape index (κ1) is 18.8. The highest BCUT2D eigenvalue weighted by atomic mass is 32.2. The molecule has 0 aromatic heterocycles. The molecule has 0 saturated carbocycles. The van der Waals surface area contributed by atoms with Gasteiger partial charge in [-0.15, -0.1) is 0 Å². The second-order valence-corrected chi connectivity index (χ2v) is 8.21. The highest BCUT2D eigenvalue weighted by Crippen LogP contribution is 2.33. The van der Waals surface area contributed by atoms with Crippen LogP contribution >= 0.6 is 11.8 Å². The molecule has 2 heterocycles. The number of ether oxygens (including phenoxy) is 1. The number of amides is 1. The van der Waals surface area contributed by atoms with E-state index in [9.17, 15) is 4.79 Å². The number of aliphatic imine (C=N–C) groups is 1. The first-order valence-corrected chi connectivity index (χ1v) is 10.5. The molecular formula is C23H24N2O2S. The molecular weight excluding hydrogens is 368 g/mol. The lowest BCUT2D eigenvalue weighted by Crippen LogP contribution is -2.37. The molecule has 0 N–H and O–H groups in total. The van der Waals surface area contributed by atoms with E-state index >= 15 is 0 Å². The van der Waals surface area contributed by atoms with E-state index in [1.54, 1.807) is 7.11 Å². The van der Waals surface area contributed by atoms with Crippen LogP contribution in [0.3, 0.4) is 0 Å². The lowest BCUT2D eigenvalue weighted by molar-refractivity contribution is -0.113. The highest BCUT2D eigenvalue weighted by molar-refractivity contribution is 8.18. The molecule has 0 bridgehead atoms. The molecule has 4 nitrogen and oxygen atoms in total. The molecule has 1 amide bonds. The number of rotatable bonds is 4. The Hall–Kier alpha value is -2.53. The SMILES string of the molecule is COc1ccc(/C=C2/SC(N3CCC(Cc4ccccc4)CC3)=NC2=O)cc1. The van der Waals surface area contributed by atoms with Gasteiger partial charge in [0, 0.05) is 13.1 Å². The van der Waals surface area contributed by atoms with Gasteiger partial charge in [-0.3, -0.25) is 4.79 Å². The van der Waals surface area contributed by atoms with Gasteiger partial charge in [0.05, 0.1) is 12.0 Å². The molecule has 1 fully saturated rings. The summed E-state index contributed by atoms with van der Waals surface area (Å²) in [5.41, 5.74) is 2.39. The number of carbonyl (C=O) groups is 1. The Morgan fingerprint density at radius 1 is 1.11 bits per heavy atom. The van der Waals surface area contributed by atoms with Crippen molar-refractivity contribution in [3.63, 3.8) is 0 Å². The molecule has 2 aliphatic rings. The molecule has 4 rings (SSSR count). The molecule has 0 aliphatic carbocycles. The number of methoxy groups -OCH3 is 1. The molecule has 28 heavy (non-hydrogen) atoms. The van der Waals surface area contributed by atoms with Crippen LogP contribution in [-0.2, 0) is 11.2 Å². The van der Waals surface area contributed by atoms with Crippen LogP contribution < -0.4 is 4.74 Å². The minimum Gasteiger partial charge on any atom is -0.497 e. The number of thioether (sulfide) groups is 1. The van der Waals surface area contributed by atoms with Crippen molar-refractivity contribution in [1.82, 2.24) is 4.90 Å². The van der Waals surface area contributed by atoms with Crippen molar-refractivity contribution in [2.24, 2.45) is 10.9 Å². The summed E-state index contributed by atoms with van der Waals surface area (Å²) < 4.78 is 5.18. The third-order valence-electron chi connectivity index (χ3n) is 5.28. The molecule has 5 heteroatoms. The van der Waals surface area contributed by atoms with E-state index in [0.717, 1.165) is 48.8 Å². The van der Waals surface area contributed by atoms with Gasteiger partial charge in [0.1, 0.15) is 5.75 Å². The maximum absolute atomic E-state index is 12.3. The zero-order valence-electron chi connectivity index (χ0n) is 16.0. The van der Waals surface area contributed by atoms with Crippen LogP contribution in [0.25, 0.3) is 6.08 Å². The smallest absolute Gasteiger partial charge is 0.286 e. The fourth-order valence-electron chi connectivity index (χ4n) is 3.66. The Labute approximate surface area is 170 Å². The summed E-state index contributed by atoms with van der Waals surface area (Å²) in [6, 6.07) is 18.4. The Morgan fingerprint density at radius 2 is 1.82 bits per heavy atom. The predicted octanol–water partition coefficient (Wildman–Crippen LogP) is 4.62. The summed E-state index contributed by atoms with van der Waals surface area (Å²) in [5, 5.41) is 0.850. The number of amidine groups is 1. The molecule has 0 spiro atoms. The van der Waals surface area contributed by atoms with E-state index in [4.69, 9.17) is 4.74 Å². The van der Waals surface area contributed by atoms with E-state index in [2.05, 4.69) is 40.2 Å². The molecule has 2 aromatic carbocycles. The van der Waals surface area contributed by atoms with Gasteiger partial charge in [0.15, 0.2) is 5.17 Å². The van der Waals surface area contributed by atoms with Gasteiger partial charge < -0.3 is 9.64 Å². The zero-order valence-corrected chi connectivity index (χ0v) is 16.8. The van der Waals surface area contributed by atoms with Gasteiger partial charge in [-0.2, -0.15) is 4.99 Å². The summed E-state index contributed by atoms with van der Waals surface area (Å²) in [6.45, 7) is 1.93. The molecule has 0 radical (unpaired) electrons. The molecule has 144 valence electrons. The van der Waals surface area contributed by atoms with Crippen molar-refractivity contribution >= 4 is 28.9 Å². The maximum atomic E-state index is 12.3. The van der Waals surface area contributed by atoms with E-state index in [0.29, 0.717) is 10.8 Å². The number of likely N-dealkylation sites (tertiary alicyclic amines) is 1. The monoisotopic (exact) mass is 392 g/mol. The van der Waals surface area contributed by atoms with Crippen molar-refractivity contribution < 1.29 is 9.53 Å². The maximum Gasteiger partial charge on any atom is 0.286 e. The van der Waals surface area contributed by atoms with Crippen molar-refractivity contribution in [2.75, 3.05) is 20.2 Å². The van der Waals surface area contributed by atoms with Crippen LogP contribution in [0.2, 0.25) is 0 Å². The standard InChI is InChI=1S/C23H24N2O2S/c1-27-20-9-7-18(8-10-20)16-21-22(26)24-23(28-21)25-13-11-19(12-14-25)15-17-5-3-2-4-6-17/h2-10,16,19H,11-15H2,1H3/b21-16+. The largest absolute Gasteiger partial charge is 0.497 e. The van der Waals surface area contributed by atoms with Crippen molar-refractivity contribution in [3.8, 4) is 5.75 Å². The van der Waals surface area contributed by atoms with Crippen molar-refractivity contribution in [1.29, 1.82) is 0 Å². The lowest BCUT2D eigenvalue weighted by Gasteiger charge is -2.32. The lowest BCUT2D eigenvalue weighted by atomic mass is 9.90. The quantitative estimate of drug-likeness (QED) is 0.712. The summed E-state index contributed by atoms with van der Waals surface area (Å²) in [7, 11) is 1.65. The van der Waals surface area contributed by atoms with E-state index in [1.165, 1.54) is 17.3 Å². The Balaban J connectivity index is 1.34. The summed E-state index contributed by atoms with van der Waals surface area (Å²) in [5.74, 6) is 1.38. The topological polar surface area (TPSA) is 41.9 Å². The van der Waals surface area contributed by atoms with Crippen LogP contribution in [0.1, 0.15) is 24.0 Å². The minimum atomic E-state index is -0.137. The summed E-state index contributed by atoms with van der Waals surface area (Å²) >= 11 is 1.49. The third kappa shape index (κ3) is 4.47. The molecule has 2 aromatic rings. The van der Waals surface area contributed by atoms with Crippen LogP contribution in [0, 0.1) is 5.92 Å². The van der Waals surface area contributed by atoms with E-state index in [-0.39, 0.29) is 5.91 Å². The molecule has 1 saturated heterocycles. The van der Waals surface area contributed by atoms with Crippen LogP contribution in [-0.4, -0.2) is 36.2 Å². The highest BCUT2D eigenvalue weighted by Gasteiger charge is 2.29. The first-order chi connectivity index (χ1) is 13.7. The average molecular weight is 393 g/mol. The van der Waals surface area contributed by atoms with Crippen LogP contribution in [0.15, 0.2) is 64.5 Å². The van der Waals surface area contributed by atoms with Crippen molar-refractivity contribution in [3.05, 3.63) is 70.6 Å². The number of hydrogen-bond acceptors (Lipinski definition) is 4. The van der Waals surface area contributed by atoms with Gasteiger partial charge in [0.2, 0.25) is 0 Å². The Morgan fingerprint density at radius 3 is 2.50 bits per heavy atom. The van der Waals surface area contributed by atoms with Crippen LogP contribution in [0.4, 0.5) is 0 Å². The van der Waals surface area contributed by atoms with Gasteiger partial charge in [0.25, 0.3) is 5.91 Å². The van der Waals surface area contributed by atoms with E-state index < -0.39 is 0 Å². The van der Waals surface area contributed by atoms with Gasteiger partial charge in [-0.25, -0.2) is 0 Å². The molecule has 0 atom stereocenters. The fraction of sp³-hybridized carbons (Fsp3) is 0.304. The van der Waals surface area contributed by atoms with Gasteiger partial charge in [-0.1, -0.05) is 42.5 Å². The van der Waals surface area contributed by atoms with Gasteiger partial charge in [-0.05, 0) is 66.3 Å². The second-order valence-electron chi connectivity index (χ2n) is 7.20. The van der Waals surface area contributed by atoms with Gasteiger partial charge >= 0.3 is 0 Å². The third-order valence-corrected chi connectivity index (χ3v) is 6.32. The zero-order chi connectivity index (χ0) is 19.3.